The van der Waals surface area contributed by atoms with Gasteiger partial charge in [0, 0.05) is 25.2 Å². The molecule has 4 fully saturated rings. The highest BCUT2D eigenvalue weighted by molar-refractivity contribution is 5.97. The second-order valence-electron chi connectivity index (χ2n) is 23.2. The number of likely N-dealkylation sites (N-methyl/N-ethyl adjacent to an activating group) is 2. The molecule has 8 N–H and O–H groups in total. The average molecular weight is 1100 g/mol. The predicted molar refractivity (Wildman–Crippen MR) is 299 cm³/mol. The summed E-state index contributed by atoms with van der Waals surface area (Å²) in [6.45, 7) is 3.47. The van der Waals surface area contributed by atoms with Gasteiger partial charge in [-0.05, 0) is 139 Å². The van der Waals surface area contributed by atoms with Crippen molar-refractivity contribution >= 4 is 47.3 Å². The van der Waals surface area contributed by atoms with Gasteiger partial charge in [0.15, 0.2) is 0 Å². The Morgan fingerprint density at radius 1 is 0.500 bits per heavy atom. The lowest BCUT2D eigenvalue weighted by Crippen LogP contribution is -2.58. The van der Waals surface area contributed by atoms with Crippen LogP contribution in [0.1, 0.15) is 172 Å². The molecule has 0 bridgehead atoms. The number of likely N-dealkylation sites (tertiary alicyclic amines) is 2. The van der Waals surface area contributed by atoms with E-state index in [1.165, 1.54) is 33.3 Å². The van der Waals surface area contributed by atoms with Crippen LogP contribution in [0.2, 0.25) is 0 Å². The van der Waals surface area contributed by atoms with Crippen LogP contribution in [0.15, 0.2) is 60.9 Å². The zero-order valence-electron chi connectivity index (χ0n) is 46.9. The van der Waals surface area contributed by atoms with Crippen LogP contribution in [0.4, 0.5) is 0 Å². The first-order valence-electron chi connectivity index (χ1n) is 29.5. The van der Waals surface area contributed by atoms with Crippen molar-refractivity contribution in [1.29, 1.82) is 0 Å². The molecule has 0 unspecified atom stereocenters. The molecule has 2 saturated carbocycles. The van der Waals surface area contributed by atoms with Crippen molar-refractivity contribution in [3.8, 4) is 0 Å². The van der Waals surface area contributed by atoms with E-state index in [0.29, 0.717) is 0 Å². The number of benzene rings is 2. The molecule has 10 atom stereocenters. The van der Waals surface area contributed by atoms with Crippen LogP contribution in [0.3, 0.4) is 0 Å². The van der Waals surface area contributed by atoms with Crippen molar-refractivity contribution in [2.45, 2.75) is 190 Å². The molecule has 80 heavy (non-hydrogen) atoms. The molecule has 20 heteroatoms. The SMILES string of the molecule is CN[C@@H](C)C(=O)N[C@H](C(=O)N1C[C@@H](NC(=O)c2cnc(C(=O)N[C@H]3C[C@@H](C(=O)N[C@@H]4CCCc5ccccc54)N(C(=O)[C@@H](NC(=O)[C@H](C)NC)C4CCCCC4)C3)cn2)C[C@H]1C(=O)N[C@@H]1CCCc2ccccc21)C1CCCCC1. The third kappa shape index (κ3) is 13.5. The Bertz CT molecular complexity index is 2550. The molecular weight excluding hydrogens is 1020 g/mol. The van der Waals surface area contributed by atoms with Gasteiger partial charge in [-0.1, -0.05) is 87.1 Å². The maximum absolute atomic E-state index is 14.9. The van der Waals surface area contributed by atoms with E-state index in [0.717, 1.165) is 114 Å². The molecule has 8 amide bonds. The number of nitrogens with zero attached hydrogens (tertiary/aromatic N) is 4. The minimum Gasteiger partial charge on any atom is -0.347 e. The summed E-state index contributed by atoms with van der Waals surface area (Å²) in [5.74, 6) is -3.51. The lowest BCUT2D eigenvalue weighted by Gasteiger charge is -2.35. The molecular formula is C60H82N12O8. The average Bonchev–Trinajstić information content (AvgIpc) is 4.12. The largest absolute Gasteiger partial charge is 0.347 e. The monoisotopic (exact) mass is 1100 g/mol. The molecule has 2 aromatic carbocycles. The number of hydrogen-bond acceptors (Lipinski definition) is 12. The van der Waals surface area contributed by atoms with Gasteiger partial charge < -0.3 is 52.3 Å². The molecule has 3 aromatic rings. The predicted octanol–water partition coefficient (Wildman–Crippen LogP) is 3.61. The fraction of sp³-hybridized carbons (Fsp3) is 0.600. The van der Waals surface area contributed by atoms with Gasteiger partial charge in [-0.25, -0.2) is 9.97 Å². The summed E-state index contributed by atoms with van der Waals surface area (Å²) in [5, 5.41) is 24.4. The van der Waals surface area contributed by atoms with Crippen molar-refractivity contribution in [2.75, 3.05) is 27.2 Å². The smallest absolute Gasteiger partial charge is 0.271 e. The lowest BCUT2D eigenvalue weighted by atomic mass is 9.83. The van der Waals surface area contributed by atoms with Crippen molar-refractivity contribution in [3.05, 3.63) is 94.6 Å². The summed E-state index contributed by atoms with van der Waals surface area (Å²) in [7, 11) is 3.36. The van der Waals surface area contributed by atoms with E-state index < -0.39 is 60.1 Å². The number of rotatable bonds is 18. The summed E-state index contributed by atoms with van der Waals surface area (Å²) >= 11 is 0. The van der Waals surface area contributed by atoms with E-state index in [1.807, 2.05) is 36.4 Å². The van der Waals surface area contributed by atoms with Gasteiger partial charge in [-0.3, -0.25) is 38.4 Å². The number of aryl methyl sites for hydroxylation is 2. The van der Waals surface area contributed by atoms with Crippen LogP contribution in [0.25, 0.3) is 0 Å². The molecule has 430 valence electrons. The van der Waals surface area contributed by atoms with Gasteiger partial charge in [-0.2, -0.15) is 0 Å². The summed E-state index contributed by atoms with van der Waals surface area (Å²) in [4.78, 5) is 125. The molecule has 4 aliphatic carbocycles. The van der Waals surface area contributed by atoms with Crippen LogP contribution in [-0.4, -0.2) is 143 Å². The normalized spacial score (nSPS) is 24.6. The maximum Gasteiger partial charge on any atom is 0.271 e. The third-order valence-electron chi connectivity index (χ3n) is 18.0. The second kappa shape index (κ2) is 26.6. The highest BCUT2D eigenvalue weighted by Gasteiger charge is 2.47. The first-order valence-corrected chi connectivity index (χ1v) is 29.5. The van der Waals surface area contributed by atoms with Crippen LogP contribution in [-0.2, 0) is 41.6 Å². The number of carbonyl (C=O) groups excluding carboxylic acids is 8. The number of carbonyl (C=O) groups is 8. The van der Waals surface area contributed by atoms with Crippen molar-refractivity contribution in [1.82, 2.24) is 62.3 Å². The van der Waals surface area contributed by atoms with Crippen LogP contribution in [0.5, 0.6) is 0 Å². The van der Waals surface area contributed by atoms with E-state index in [1.54, 1.807) is 27.9 Å². The van der Waals surface area contributed by atoms with E-state index in [-0.39, 0.29) is 96.7 Å². The van der Waals surface area contributed by atoms with E-state index in [4.69, 9.17) is 0 Å². The van der Waals surface area contributed by atoms with Crippen LogP contribution in [0, 0.1) is 11.8 Å². The fourth-order valence-corrected chi connectivity index (χ4v) is 13.2. The Morgan fingerprint density at radius 3 is 1.26 bits per heavy atom. The number of nitrogens with one attached hydrogen (secondary N) is 8. The van der Waals surface area contributed by atoms with E-state index >= 15 is 0 Å². The number of aromatic nitrogens is 2. The summed E-state index contributed by atoms with van der Waals surface area (Å²) in [5.41, 5.74) is 4.25. The molecule has 6 aliphatic rings. The standard InChI is InChI=1S/C60H82N12O8/c1-35(61-3)53(73)69-51(39-19-7-5-8-20-39)59(79)71-33-41(29-49(71)57(77)67-45-27-15-23-37-17-11-13-25-43(37)45)65-55(75)47-31-64-48(32-63-47)56(76)66-42-30-50(58(78)68-46-28-16-24-38-18-12-14-26-44(38)46)72(34-42)60(80)52(40-21-9-6-10-22-40)70-54(74)36(2)62-4/h11-14,17-18,25-26,31-32,35-36,39-42,45-46,49-52,61-62H,5-10,15-16,19-24,27-30,33-34H2,1-4H3,(H,65,75)(H,66,76)(H,67,77)(H,68,78)(H,69,73)(H,70,74)/t35-,36-,41-,42-,45+,46+,49-,50-,51-,52-/m0/s1. The quantitative estimate of drug-likeness (QED) is 0.0909. The van der Waals surface area contributed by atoms with Gasteiger partial charge in [0.1, 0.15) is 35.6 Å². The Hall–Kier alpha value is -6.80. The first-order chi connectivity index (χ1) is 38.7. The van der Waals surface area contributed by atoms with E-state index in [9.17, 15) is 38.4 Å². The van der Waals surface area contributed by atoms with Crippen molar-refractivity contribution in [2.24, 2.45) is 11.8 Å². The highest BCUT2D eigenvalue weighted by atomic mass is 16.2. The molecule has 0 radical (unpaired) electrons. The van der Waals surface area contributed by atoms with Crippen molar-refractivity contribution in [3.63, 3.8) is 0 Å². The van der Waals surface area contributed by atoms with Gasteiger partial charge in [-0.15, -0.1) is 0 Å². The second-order valence-corrected chi connectivity index (χ2v) is 23.2. The molecule has 0 spiro atoms. The zero-order valence-corrected chi connectivity index (χ0v) is 46.9. The fourth-order valence-electron chi connectivity index (χ4n) is 13.2. The Balaban J connectivity index is 0.896. The Labute approximate surface area is 469 Å². The van der Waals surface area contributed by atoms with Crippen LogP contribution < -0.4 is 42.5 Å². The number of amides is 8. The minimum absolute atomic E-state index is 0.00915. The molecule has 2 saturated heterocycles. The topological polar surface area (TPSA) is 265 Å². The molecule has 3 heterocycles. The summed E-state index contributed by atoms with van der Waals surface area (Å²) < 4.78 is 0. The number of hydrogen-bond donors (Lipinski definition) is 8. The van der Waals surface area contributed by atoms with Gasteiger partial charge >= 0.3 is 0 Å². The Morgan fingerprint density at radius 2 is 0.887 bits per heavy atom. The minimum atomic E-state index is -0.945. The van der Waals surface area contributed by atoms with Gasteiger partial charge in [0.2, 0.25) is 35.4 Å². The van der Waals surface area contributed by atoms with Gasteiger partial charge in [0.25, 0.3) is 11.8 Å². The molecule has 20 nitrogen and oxygen atoms in total. The zero-order chi connectivity index (χ0) is 56.5. The first kappa shape index (κ1) is 57.9. The van der Waals surface area contributed by atoms with Gasteiger partial charge in [0.05, 0.1) is 36.6 Å². The Kier molecular flexibility index (Phi) is 19.3. The molecule has 1 aromatic heterocycles. The maximum atomic E-state index is 14.9. The van der Waals surface area contributed by atoms with Crippen molar-refractivity contribution < 1.29 is 38.4 Å². The lowest BCUT2D eigenvalue weighted by molar-refractivity contribution is -0.143. The third-order valence-corrected chi connectivity index (χ3v) is 18.0. The summed E-state index contributed by atoms with van der Waals surface area (Å²) in [6, 6.07) is 9.51. The van der Waals surface area contributed by atoms with E-state index in [2.05, 4.69) is 64.6 Å². The highest BCUT2D eigenvalue weighted by Crippen LogP contribution is 2.35. The summed E-state index contributed by atoms with van der Waals surface area (Å²) in [6.07, 6.45) is 16.5. The number of fused-ring (bicyclic) bond motifs is 2. The van der Waals surface area contributed by atoms with Crippen LogP contribution >= 0.6 is 0 Å². The molecule has 9 rings (SSSR count). The molecule has 2 aliphatic heterocycles.